The molecule has 0 radical (unpaired) electrons. The van der Waals surface area contributed by atoms with E-state index < -0.39 is 30.5 Å². The van der Waals surface area contributed by atoms with Crippen LogP contribution in [0.25, 0.3) is 0 Å². The van der Waals surface area contributed by atoms with E-state index in [-0.39, 0.29) is 17.9 Å². The van der Waals surface area contributed by atoms with Crippen LogP contribution in [-0.2, 0) is 32.0 Å². The predicted octanol–water partition coefficient (Wildman–Crippen LogP) is 1.99. The van der Waals surface area contributed by atoms with Gasteiger partial charge in [-0.15, -0.1) is 0 Å². The fraction of sp³-hybridized carbons (Fsp3) is 0.318. The molecule has 1 aliphatic rings. The molecule has 1 heterocycles. The van der Waals surface area contributed by atoms with Crippen LogP contribution in [0.2, 0.25) is 0 Å². The summed E-state index contributed by atoms with van der Waals surface area (Å²) in [6.07, 6.45) is 0.342. The minimum absolute atomic E-state index is 0.166. The van der Waals surface area contributed by atoms with Crippen LogP contribution in [0.4, 0.5) is 0 Å². The molecule has 0 aromatic heterocycles. The van der Waals surface area contributed by atoms with E-state index in [4.69, 9.17) is 18.9 Å². The highest BCUT2D eigenvalue weighted by Gasteiger charge is 2.35. The third-order valence-electron chi connectivity index (χ3n) is 5.00. The molecule has 0 aliphatic carbocycles. The van der Waals surface area contributed by atoms with Gasteiger partial charge in [-0.3, -0.25) is 4.79 Å². The van der Waals surface area contributed by atoms with Crippen LogP contribution in [0, 0.1) is 0 Å². The molecule has 1 amide bonds. The normalized spacial score (nSPS) is 15.0. The smallest absolute Gasteiger partial charge is 0.342 e. The largest absolute Gasteiger partial charge is 0.497 e. The van der Waals surface area contributed by atoms with E-state index in [0.717, 1.165) is 11.1 Å². The third kappa shape index (κ3) is 4.37. The van der Waals surface area contributed by atoms with Gasteiger partial charge in [0.25, 0.3) is 5.91 Å². The summed E-state index contributed by atoms with van der Waals surface area (Å²) in [5, 5.41) is 0. The molecule has 8 heteroatoms. The highest BCUT2D eigenvalue weighted by atomic mass is 16.5. The standard InChI is InChI=1S/C22H23NO7/c1-27-16-8-9-17(19(11-16)28-2)21(25)30-13-20(24)23-12-15-7-5-4-6-14(15)10-18(23)22(26)29-3/h4-9,11,18H,10,12-13H2,1-3H3/t18-/m1/s1. The van der Waals surface area contributed by atoms with Crippen LogP contribution in [0.1, 0.15) is 21.5 Å². The minimum atomic E-state index is -0.772. The van der Waals surface area contributed by atoms with Crippen LogP contribution < -0.4 is 9.47 Å². The van der Waals surface area contributed by atoms with Gasteiger partial charge in [0, 0.05) is 19.0 Å². The Morgan fingerprint density at radius 1 is 1.00 bits per heavy atom. The van der Waals surface area contributed by atoms with Gasteiger partial charge in [0.1, 0.15) is 23.1 Å². The quantitative estimate of drug-likeness (QED) is 0.669. The average Bonchev–Trinajstić information content (AvgIpc) is 2.80. The Balaban J connectivity index is 1.73. The number of methoxy groups -OCH3 is 3. The van der Waals surface area contributed by atoms with Gasteiger partial charge >= 0.3 is 11.9 Å². The average molecular weight is 413 g/mol. The summed E-state index contributed by atoms with van der Waals surface area (Å²) in [5.74, 6) is -0.921. The molecule has 1 aliphatic heterocycles. The summed E-state index contributed by atoms with van der Waals surface area (Å²) < 4.78 is 20.4. The van der Waals surface area contributed by atoms with E-state index in [1.54, 1.807) is 12.1 Å². The number of nitrogens with zero attached hydrogens (tertiary/aromatic N) is 1. The van der Waals surface area contributed by atoms with Crippen molar-refractivity contribution in [2.75, 3.05) is 27.9 Å². The molecule has 0 fully saturated rings. The molecular weight excluding hydrogens is 390 g/mol. The molecule has 0 bridgehead atoms. The molecule has 0 saturated carbocycles. The molecule has 8 nitrogen and oxygen atoms in total. The fourth-order valence-corrected chi connectivity index (χ4v) is 3.39. The lowest BCUT2D eigenvalue weighted by Crippen LogP contribution is -2.50. The van der Waals surface area contributed by atoms with E-state index in [2.05, 4.69) is 0 Å². The van der Waals surface area contributed by atoms with E-state index in [1.165, 1.54) is 32.3 Å². The van der Waals surface area contributed by atoms with E-state index in [9.17, 15) is 14.4 Å². The zero-order valence-electron chi connectivity index (χ0n) is 17.0. The number of ether oxygens (including phenoxy) is 4. The molecule has 30 heavy (non-hydrogen) atoms. The Hall–Kier alpha value is -3.55. The zero-order valence-corrected chi connectivity index (χ0v) is 17.0. The lowest BCUT2D eigenvalue weighted by atomic mass is 9.94. The summed E-state index contributed by atoms with van der Waals surface area (Å²) in [4.78, 5) is 38.9. The van der Waals surface area contributed by atoms with E-state index in [0.29, 0.717) is 12.2 Å². The number of carbonyl (C=O) groups is 3. The second-order valence-corrected chi connectivity index (χ2v) is 6.68. The van der Waals surface area contributed by atoms with Crippen LogP contribution in [0.3, 0.4) is 0 Å². The Labute approximate surface area is 174 Å². The summed E-state index contributed by atoms with van der Waals surface area (Å²) in [7, 11) is 4.20. The molecular formula is C22H23NO7. The van der Waals surface area contributed by atoms with Crippen molar-refractivity contribution in [3.05, 3.63) is 59.2 Å². The Kier molecular flexibility index (Phi) is 6.56. The van der Waals surface area contributed by atoms with Crippen molar-refractivity contribution in [1.29, 1.82) is 0 Å². The molecule has 158 valence electrons. The minimum Gasteiger partial charge on any atom is -0.497 e. The number of benzene rings is 2. The topological polar surface area (TPSA) is 91.4 Å². The maximum atomic E-state index is 12.8. The number of fused-ring (bicyclic) bond motifs is 1. The summed E-state index contributed by atoms with van der Waals surface area (Å²) >= 11 is 0. The first-order chi connectivity index (χ1) is 14.5. The number of hydrogen-bond donors (Lipinski definition) is 0. The first kappa shape index (κ1) is 21.2. The number of carbonyl (C=O) groups excluding carboxylic acids is 3. The fourth-order valence-electron chi connectivity index (χ4n) is 3.39. The van der Waals surface area contributed by atoms with E-state index >= 15 is 0 Å². The lowest BCUT2D eigenvalue weighted by Gasteiger charge is -2.35. The SMILES string of the molecule is COC(=O)[C@H]1Cc2ccccc2CN1C(=O)COC(=O)c1ccc(OC)cc1OC. The summed E-state index contributed by atoms with van der Waals surface area (Å²) in [6, 6.07) is 11.4. The third-order valence-corrected chi connectivity index (χ3v) is 5.00. The highest BCUT2D eigenvalue weighted by molar-refractivity contribution is 5.94. The first-order valence-corrected chi connectivity index (χ1v) is 9.31. The number of rotatable bonds is 6. The molecule has 0 N–H and O–H groups in total. The Morgan fingerprint density at radius 2 is 1.73 bits per heavy atom. The predicted molar refractivity (Wildman–Crippen MR) is 106 cm³/mol. The summed E-state index contributed by atoms with van der Waals surface area (Å²) in [6.45, 7) is -0.276. The van der Waals surface area contributed by atoms with Gasteiger partial charge in [-0.1, -0.05) is 24.3 Å². The van der Waals surface area contributed by atoms with Gasteiger partial charge in [0.2, 0.25) is 0 Å². The van der Waals surface area contributed by atoms with Gasteiger partial charge in [0.15, 0.2) is 6.61 Å². The molecule has 3 rings (SSSR count). The molecule has 0 unspecified atom stereocenters. The molecule has 2 aromatic carbocycles. The summed E-state index contributed by atoms with van der Waals surface area (Å²) in [5.41, 5.74) is 2.09. The van der Waals surface area contributed by atoms with Gasteiger partial charge in [-0.25, -0.2) is 9.59 Å². The zero-order chi connectivity index (χ0) is 21.7. The lowest BCUT2D eigenvalue weighted by molar-refractivity contribution is -0.155. The second kappa shape index (κ2) is 9.30. The van der Waals surface area contributed by atoms with Gasteiger partial charge in [-0.2, -0.15) is 0 Å². The molecule has 0 spiro atoms. The van der Waals surface area contributed by atoms with Crippen LogP contribution in [0.5, 0.6) is 11.5 Å². The van der Waals surface area contributed by atoms with Crippen molar-refractivity contribution in [3.8, 4) is 11.5 Å². The van der Waals surface area contributed by atoms with Gasteiger partial charge in [-0.05, 0) is 23.3 Å². The Bertz CT molecular complexity index is 956. The molecule has 2 aromatic rings. The van der Waals surface area contributed by atoms with Gasteiger partial charge < -0.3 is 23.8 Å². The maximum Gasteiger partial charge on any atom is 0.342 e. The number of esters is 2. The van der Waals surface area contributed by atoms with Crippen molar-refractivity contribution in [2.45, 2.75) is 19.0 Å². The van der Waals surface area contributed by atoms with Crippen LogP contribution >= 0.6 is 0 Å². The van der Waals surface area contributed by atoms with Crippen molar-refractivity contribution in [1.82, 2.24) is 4.90 Å². The monoisotopic (exact) mass is 413 g/mol. The molecule has 0 saturated heterocycles. The van der Waals surface area contributed by atoms with Crippen LogP contribution in [0.15, 0.2) is 42.5 Å². The number of amides is 1. The van der Waals surface area contributed by atoms with Crippen LogP contribution in [-0.4, -0.2) is 56.7 Å². The molecule has 1 atom stereocenters. The first-order valence-electron chi connectivity index (χ1n) is 9.31. The number of hydrogen-bond acceptors (Lipinski definition) is 7. The second-order valence-electron chi connectivity index (χ2n) is 6.68. The van der Waals surface area contributed by atoms with Crippen molar-refractivity contribution in [2.24, 2.45) is 0 Å². The Morgan fingerprint density at radius 3 is 2.40 bits per heavy atom. The van der Waals surface area contributed by atoms with Crippen molar-refractivity contribution < 1.29 is 33.3 Å². The van der Waals surface area contributed by atoms with E-state index in [1.807, 2.05) is 24.3 Å². The maximum absolute atomic E-state index is 12.8. The van der Waals surface area contributed by atoms with Gasteiger partial charge in [0.05, 0.1) is 21.3 Å². The van der Waals surface area contributed by atoms with Crippen molar-refractivity contribution in [3.63, 3.8) is 0 Å². The van der Waals surface area contributed by atoms with Crippen molar-refractivity contribution >= 4 is 17.8 Å². The highest BCUT2D eigenvalue weighted by Crippen LogP contribution is 2.26.